The number of thioether (sulfide) groups is 1. The molecule has 0 saturated carbocycles. The van der Waals surface area contributed by atoms with E-state index in [4.69, 9.17) is 4.74 Å². The molecule has 3 nitrogen and oxygen atoms in total. The monoisotopic (exact) mass is 252 g/mol. The predicted octanol–water partition coefficient (Wildman–Crippen LogP) is 2.46. The molecule has 1 aromatic rings. The lowest BCUT2D eigenvalue weighted by atomic mass is 10.2. The lowest BCUT2D eigenvalue weighted by molar-refractivity contribution is 0.127. The first-order valence-corrected chi connectivity index (χ1v) is 7.12. The Balaban J connectivity index is 2.03. The van der Waals surface area contributed by atoms with Crippen molar-refractivity contribution in [3.05, 3.63) is 23.9 Å². The van der Waals surface area contributed by atoms with Crippen LogP contribution in [-0.2, 0) is 11.3 Å². The summed E-state index contributed by atoms with van der Waals surface area (Å²) in [4.78, 5) is 4.50. The molecule has 1 aromatic heterocycles. The summed E-state index contributed by atoms with van der Waals surface area (Å²) in [5.41, 5.74) is 1.29. The van der Waals surface area contributed by atoms with Crippen LogP contribution in [0.5, 0.6) is 0 Å². The standard InChI is InChI=1S/C13H20N2OS/c1-3-14-9-11-5-4-7-15-13(11)17-12-6-8-16-10(12)2/h4-5,7,10,12,14H,3,6,8-9H2,1-2H3. The predicted molar refractivity (Wildman–Crippen MR) is 71.3 cm³/mol. The average Bonchev–Trinajstić information content (AvgIpc) is 2.74. The Bertz CT molecular complexity index is 359. The molecule has 1 aliphatic heterocycles. The van der Waals surface area contributed by atoms with Crippen molar-refractivity contribution in [3.8, 4) is 0 Å². The van der Waals surface area contributed by atoms with E-state index in [9.17, 15) is 0 Å². The van der Waals surface area contributed by atoms with Gasteiger partial charge in [0.2, 0.25) is 0 Å². The van der Waals surface area contributed by atoms with E-state index in [0.29, 0.717) is 11.4 Å². The number of hydrogen-bond acceptors (Lipinski definition) is 4. The Morgan fingerprint density at radius 3 is 3.18 bits per heavy atom. The maximum Gasteiger partial charge on any atom is 0.101 e. The number of ether oxygens (including phenoxy) is 1. The van der Waals surface area contributed by atoms with Crippen LogP contribution in [-0.4, -0.2) is 29.5 Å². The summed E-state index contributed by atoms with van der Waals surface area (Å²) in [6.07, 6.45) is 3.34. The van der Waals surface area contributed by atoms with Crippen molar-refractivity contribution in [1.82, 2.24) is 10.3 Å². The van der Waals surface area contributed by atoms with E-state index < -0.39 is 0 Å². The van der Waals surface area contributed by atoms with Gasteiger partial charge in [-0.15, -0.1) is 0 Å². The normalized spacial score (nSPS) is 24.1. The third-order valence-corrected chi connectivity index (χ3v) is 4.50. The molecule has 2 atom stereocenters. The van der Waals surface area contributed by atoms with E-state index in [0.717, 1.165) is 31.1 Å². The van der Waals surface area contributed by atoms with Crippen LogP contribution in [0, 0.1) is 0 Å². The van der Waals surface area contributed by atoms with E-state index in [2.05, 4.69) is 30.2 Å². The maximum atomic E-state index is 5.59. The van der Waals surface area contributed by atoms with Crippen LogP contribution in [0.3, 0.4) is 0 Å². The molecular weight excluding hydrogens is 232 g/mol. The van der Waals surface area contributed by atoms with Crippen LogP contribution < -0.4 is 5.32 Å². The first kappa shape index (κ1) is 12.9. The Hall–Kier alpha value is -0.580. The van der Waals surface area contributed by atoms with Crippen molar-refractivity contribution in [2.45, 2.75) is 43.2 Å². The summed E-state index contributed by atoms with van der Waals surface area (Å²) < 4.78 is 5.59. The van der Waals surface area contributed by atoms with Gasteiger partial charge in [0.05, 0.1) is 6.10 Å². The van der Waals surface area contributed by atoms with Gasteiger partial charge in [-0.2, -0.15) is 0 Å². The molecule has 1 aliphatic rings. The van der Waals surface area contributed by atoms with E-state index in [1.807, 2.05) is 24.0 Å². The Kier molecular flexibility index (Phi) is 4.83. The Labute approximate surface area is 107 Å². The second kappa shape index (κ2) is 6.38. The minimum Gasteiger partial charge on any atom is -0.377 e. The van der Waals surface area contributed by atoms with Gasteiger partial charge in [-0.3, -0.25) is 0 Å². The molecule has 1 saturated heterocycles. The minimum atomic E-state index is 0.342. The van der Waals surface area contributed by atoms with Gasteiger partial charge in [0, 0.05) is 24.6 Å². The summed E-state index contributed by atoms with van der Waals surface area (Å²) in [5, 5.41) is 5.05. The first-order chi connectivity index (χ1) is 8.31. The quantitative estimate of drug-likeness (QED) is 0.873. The van der Waals surface area contributed by atoms with Gasteiger partial charge < -0.3 is 10.1 Å². The zero-order valence-corrected chi connectivity index (χ0v) is 11.3. The van der Waals surface area contributed by atoms with Gasteiger partial charge in [0.1, 0.15) is 5.03 Å². The van der Waals surface area contributed by atoms with Crippen molar-refractivity contribution < 1.29 is 4.74 Å². The van der Waals surface area contributed by atoms with Crippen LogP contribution in [0.4, 0.5) is 0 Å². The lowest BCUT2D eigenvalue weighted by Crippen LogP contribution is -2.16. The molecule has 1 fully saturated rings. The zero-order valence-electron chi connectivity index (χ0n) is 10.5. The molecule has 0 bridgehead atoms. The van der Waals surface area contributed by atoms with Gasteiger partial charge in [0.15, 0.2) is 0 Å². The summed E-state index contributed by atoms with van der Waals surface area (Å²) in [7, 11) is 0. The highest BCUT2D eigenvalue weighted by atomic mass is 32.2. The molecule has 1 N–H and O–H groups in total. The number of hydrogen-bond donors (Lipinski definition) is 1. The molecule has 94 valence electrons. The van der Waals surface area contributed by atoms with Crippen molar-refractivity contribution in [3.63, 3.8) is 0 Å². The lowest BCUT2D eigenvalue weighted by Gasteiger charge is -2.15. The third-order valence-electron chi connectivity index (χ3n) is 2.99. The van der Waals surface area contributed by atoms with Crippen molar-refractivity contribution in [2.24, 2.45) is 0 Å². The fourth-order valence-corrected chi connectivity index (χ4v) is 3.12. The van der Waals surface area contributed by atoms with Gasteiger partial charge in [-0.1, -0.05) is 24.8 Å². The summed E-state index contributed by atoms with van der Waals surface area (Å²) in [5.74, 6) is 0. The Morgan fingerprint density at radius 1 is 1.59 bits per heavy atom. The molecule has 2 unspecified atom stereocenters. The van der Waals surface area contributed by atoms with E-state index >= 15 is 0 Å². The molecule has 0 radical (unpaired) electrons. The molecule has 0 spiro atoms. The van der Waals surface area contributed by atoms with Crippen LogP contribution >= 0.6 is 11.8 Å². The third kappa shape index (κ3) is 3.44. The van der Waals surface area contributed by atoms with Crippen LogP contribution in [0.15, 0.2) is 23.4 Å². The highest BCUT2D eigenvalue weighted by Gasteiger charge is 2.26. The molecule has 4 heteroatoms. The first-order valence-electron chi connectivity index (χ1n) is 6.24. The summed E-state index contributed by atoms with van der Waals surface area (Å²) in [6, 6.07) is 4.16. The van der Waals surface area contributed by atoms with E-state index in [-0.39, 0.29) is 0 Å². The second-order valence-corrected chi connectivity index (χ2v) is 5.50. The summed E-state index contributed by atoms with van der Waals surface area (Å²) >= 11 is 1.86. The fraction of sp³-hybridized carbons (Fsp3) is 0.615. The second-order valence-electron chi connectivity index (χ2n) is 4.27. The van der Waals surface area contributed by atoms with Crippen LogP contribution in [0.1, 0.15) is 25.8 Å². The van der Waals surface area contributed by atoms with Crippen molar-refractivity contribution in [1.29, 1.82) is 0 Å². The van der Waals surface area contributed by atoms with E-state index in [1.165, 1.54) is 5.56 Å². The number of aromatic nitrogens is 1. The van der Waals surface area contributed by atoms with Gasteiger partial charge in [-0.05, 0) is 31.5 Å². The highest BCUT2D eigenvalue weighted by molar-refractivity contribution is 8.00. The molecule has 0 amide bonds. The molecular formula is C13H20N2OS. The SMILES string of the molecule is CCNCc1cccnc1SC1CCOC1C. The molecule has 2 heterocycles. The highest BCUT2D eigenvalue weighted by Crippen LogP contribution is 2.32. The van der Waals surface area contributed by atoms with Gasteiger partial charge in [-0.25, -0.2) is 4.98 Å². The smallest absolute Gasteiger partial charge is 0.101 e. The maximum absolute atomic E-state index is 5.59. The molecule has 0 aromatic carbocycles. The Morgan fingerprint density at radius 2 is 2.47 bits per heavy atom. The fourth-order valence-electron chi connectivity index (χ4n) is 1.93. The number of nitrogens with zero attached hydrogens (tertiary/aromatic N) is 1. The van der Waals surface area contributed by atoms with E-state index in [1.54, 1.807) is 0 Å². The zero-order chi connectivity index (χ0) is 12.1. The van der Waals surface area contributed by atoms with Crippen LogP contribution in [0.2, 0.25) is 0 Å². The van der Waals surface area contributed by atoms with Crippen molar-refractivity contribution in [2.75, 3.05) is 13.2 Å². The number of nitrogens with one attached hydrogen (secondary N) is 1. The number of rotatable bonds is 5. The van der Waals surface area contributed by atoms with Crippen LogP contribution in [0.25, 0.3) is 0 Å². The topological polar surface area (TPSA) is 34.2 Å². The summed E-state index contributed by atoms with van der Waals surface area (Å²) in [6.45, 7) is 7.04. The average molecular weight is 252 g/mol. The molecule has 17 heavy (non-hydrogen) atoms. The minimum absolute atomic E-state index is 0.342. The molecule has 2 rings (SSSR count). The molecule has 0 aliphatic carbocycles. The van der Waals surface area contributed by atoms with Gasteiger partial charge in [0.25, 0.3) is 0 Å². The largest absolute Gasteiger partial charge is 0.377 e. The van der Waals surface area contributed by atoms with Crippen molar-refractivity contribution >= 4 is 11.8 Å². The number of pyridine rings is 1. The van der Waals surface area contributed by atoms with Gasteiger partial charge >= 0.3 is 0 Å².